The number of hydrogen-bond acceptors (Lipinski definition) is 5. The minimum absolute atomic E-state index is 0.0205. The summed E-state index contributed by atoms with van der Waals surface area (Å²) in [5, 5.41) is 2.99. The van der Waals surface area contributed by atoms with Gasteiger partial charge >= 0.3 is 12.1 Å². The average molecular weight is 437 g/mol. The second-order valence-corrected chi connectivity index (χ2v) is 8.38. The summed E-state index contributed by atoms with van der Waals surface area (Å²) >= 11 is 0. The second kappa shape index (κ2) is 9.42. The smallest absolute Gasteiger partial charge is 0.407 e. The molecule has 0 spiro atoms. The first-order valence-electron chi connectivity index (χ1n) is 11.1. The number of ether oxygens (including phenoxy) is 2. The summed E-state index contributed by atoms with van der Waals surface area (Å²) in [6.07, 6.45) is 2.43. The Hall–Kier alpha value is -3.35. The number of carbonyl (C=O) groups excluding carboxylic acids is 3. The van der Waals surface area contributed by atoms with E-state index in [9.17, 15) is 14.4 Å². The summed E-state index contributed by atoms with van der Waals surface area (Å²) in [6.45, 7) is 4.21. The Morgan fingerprint density at radius 3 is 2.53 bits per heavy atom. The number of nitrogens with one attached hydrogen (secondary N) is 1. The number of rotatable bonds is 7. The van der Waals surface area contributed by atoms with Crippen LogP contribution in [0.25, 0.3) is 0 Å². The lowest BCUT2D eigenvalue weighted by atomic mass is 9.80. The Labute approximate surface area is 187 Å². The van der Waals surface area contributed by atoms with Crippen molar-refractivity contribution in [3.63, 3.8) is 0 Å². The largest absolute Gasteiger partial charge is 0.462 e. The summed E-state index contributed by atoms with van der Waals surface area (Å²) in [5.74, 6) is -0.0880. The number of amides is 2. The van der Waals surface area contributed by atoms with Crippen LogP contribution in [0.1, 0.15) is 54.2 Å². The lowest BCUT2D eigenvalue weighted by Gasteiger charge is -2.44. The van der Waals surface area contributed by atoms with Gasteiger partial charge in [-0.3, -0.25) is 4.79 Å². The van der Waals surface area contributed by atoms with E-state index in [1.165, 1.54) is 0 Å². The zero-order valence-electron chi connectivity index (χ0n) is 18.3. The normalized spacial score (nSPS) is 21.9. The maximum atomic E-state index is 12.7. The van der Waals surface area contributed by atoms with Crippen molar-refractivity contribution < 1.29 is 23.9 Å². The van der Waals surface area contributed by atoms with E-state index in [4.69, 9.17) is 9.47 Å². The van der Waals surface area contributed by atoms with E-state index >= 15 is 0 Å². The van der Waals surface area contributed by atoms with E-state index < -0.39 is 18.1 Å². The summed E-state index contributed by atoms with van der Waals surface area (Å²) < 4.78 is 10.6. The molecule has 168 valence electrons. The first-order chi connectivity index (χ1) is 15.5. The number of hydrogen-bond donors (Lipinski definition) is 1. The molecule has 1 fully saturated rings. The van der Waals surface area contributed by atoms with E-state index in [2.05, 4.69) is 5.32 Å². The summed E-state index contributed by atoms with van der Waals surface area (Å²) in [7, 11) is 0. The van der Waals surface area contributed by atoms with Crippen molar-refractivity contribution >= 4 is 24.2 Å². The predicted octanol–water partition coefficient (Wildman–Crippen LogP) is 4.22. The SMILES string of the molecule is CCOC(=O)c1ccc2c(c1)C(NC(=O)OCc1ccccc1)C(C)[C@H](C1CC1)N2C=O. The Bertz CT molecular complexity index is 989. The molecule has 3 atom stereocenters. The van der Waals surface area contributed by atoms with Crippen LogP contribution in [0.3, 0.4) is 0 Å². The second-order valence-electron chi connectivity index (χ2n) is 8.38. The summed E-state index contributed by atoms with van der Waals surface area (Å²) in [5.41, 5.74) is 2.70. The number of fused-ring (bicyclic) bond motifs is 1. The van der Waals surface area contributed by atoms with Crippen LogP contribution >= 0.6 is 0 Å². The van der Waals surface area contributed by atoms with Gasteiger partial charge in [-0.15, -0.1) is 0 Å². The fourth-order valence-electron chi connectivity index (χ4n) is 4.60. The fraction of sp³-hybridized carbons (Fsp3) is 0.400. The van der Waals surface area contributed by atoms with Gasteiger partial charge in [0, 0.05) is 17.6 Å². The van der Waals surface area contributed by atoms with Crippen LogP contribution < -0.4 is 10.2 Å². The predicted molar refractivity (Wildman–Crippen MR) is 119 cm³/mol. The minimum Gasteiger partial charge on any atom is -0.462 e. The standard InChI is InChI=1S/C25H28N2O5/c1-3-31-24(29)19-11-12-21-20(13-19)22(16(2)23(18-9-10-18)27(21)15-28)26-25(30)32-14-17-7-5-4-6-8-17/h4-8,11-13,15-16,18,22-23H,3,9-10,14H2,1-2H3,(H,26,30)/t16?,22?,23-/m1/s1. The highest BCUT2D eigenvalue weighted by Gasteiger charge is 2.47. The molecule has 32 heavy (non-hydrogen) atoms. The Kier molecular flexibility index (Phi) is 6.44. The molecule has 4 rings (SSSR count). The Balaban J connectivity index is 1.62. The molecule has 1 aliphatic heterocycles. The average Bonchev–Trinajstić information content (AvgIpc) is 3.64. The van der Waals surface area contributed by atoms with Crippen molar-refractivity contribution in [1.29, 1.82) is 0 Å². The van der Waals surface area contributed by atoms with Crippen molar-refractivity contribution in [2.45, 2.75) is 45.4 Å². The number of alkyl carbamates (subject to hydrolysis) is 1. The molecule has 0 aromatic heterocycles. The fourth-order valence-corrected chi connectivity index (χ4v) is 4.60. The maximum absolute atomic E-state index is 12.7. The lowest BCUT2D eigenvalue weighted by molar-refractivity contribution is -0.108. The number of nitrogens with zero attached hydrogens (tertiary/aromatic N) is 1. The maximum Gasteiger partial charge on any atom is 0.407 e. The zero-order valence-corrected chi connectivity index (χ0v) is 18.3. The molecule has 1 heterocycles. The minimum atomic E-state index is -0.535. The zero-order chi connectivity index (χ0) is 22.7. The van der Waals surface area contributed by atoms with Gasteiger partial charge in [-0.25, -0.2) is 9.59 Å². The van der Waals surface area contributed by atoms with Crippen molar-refractivity contribution in [1.82, 2.24) is 5.32 Å². The lowest BCUT2D eigenvalue weighted by Crippen LogP contribution is -2.51. The summed E-state index contributed by atoms with van der Waals surface area (Å²) in [4.78, 5) is 38.8. The van der Waals surface area contributed by atoms with E-state index in [0.717, 1.165) is 24.8 Å². The Morgan fingerprint density at radius 1 is 1.12 bits per heavy atom. The van der Waals surface area contributed by atoms with Crippen LogP contribution in [0.5, 0.6) is 0 Å². The molecule has 1 N–H and O–H groups in total. The van der Waals surface area contributed by atoms with Gasteiger partial charge < -0.3 is 19.7 Å². The molecule has 0 radical (unpaired) electrons. The van der Waals surface area contributed by atoms with Gasteiger partial charge in [-0.1, -0.05) is 37.3 Å². The third-order valence-electron chi connectivity index (χ3n) is 6.24. The molecule has 0 bridgehead atoms. The molecule has 2 unspecified atom stereocenters. The first-order valence-corrected chi connectivity index (χ1v) is 11.1. The molecule has 2 aromatic carbocycles. The van der Waals surface area contributed by atoms with Crippen LogP contribution in [-0.4, -0.2) is 31.1 Å². The molecule has 2 aliphatic rings. The van der Waals surface area contributed by atoms with Crippen molar-refractivity contribution in [3.05, 3.63) is 65.2 Å². The van der Waals surface area contributed by atoms with Crippen LogP contribution in [-0.2, 0) is 20.9 Å². The van der Waals surface area contributed by atoms with Crippen LogP contribution in [0, 0.1) is 11.8 Å². The summed E-state index contributed by atoms with van der Waals surface area (Å²) in [6, 6.07) is 14.2. The van der Waals surface area contributed by atoms with E-state index in [-0.39, 0.29) is 25.2 Å². The highest BCUT2D eigenvalue weighted by molar-refractivity contribution is 5.91. The highest BCUT2D eigenvalue weighted by atomic mass is 16.5. The quantitative estimate of drug-likeness (QED) is 0.519. The highest BCUT2D eigenvalue weighted by Crippen LogP contribution is 2.48. The van der Waals surface area contributed by atoms with Crippen molar-refractivity contribution in [2.24, 2.45) is 11.8 Å². The molecule has 2 aromatic rings. The molecular formula is C25H28N2O5. The van der Waals surface area contributed by atoms with Gasteiger partial charge in [-0.2, -0.15) is 0 Å². The van der Waals surface area contributed by atoms with E-state index in [0.29, 0.717) is 22.7 Å². The van der Waals surface area contributed by atoms with Crippen molar-refractivity contribution in [3.8, 4) is 0 Å². The molecule has 2 amide bonds. The van der Waals surface area contributed by atoms with Gasteiger partial charge in [0.2, 0.25) is 6.41 Å². The number of carbonyl (C=O) groups is 3. The first kappa shape index (κ1) is 21.9. The topological polar surface area (TPSA) is 84.9 Å². The van der Waals surface area contributed by atoms with Crippen LogP contribution in [0.4, 0.5) is 10.5 Å². The van der Waals surface area contributed by atoms with Gasteiger partial charge in [0.25, 0.3) is 0 Å². The van der Waals surface area contributed by atoms with Crippen LogP contribution in [0.2, 0.25) is 0 Å². The van der Waals surface area contributed by atoms with Crippen molar-refractivity contribution in [2.75, 3.05) is 11.5 Å². The molecular weight excluding hydrogens is 408 g/mol. The molecule has 7 heteroatoms. The van der Waals surface area contributed by atoms with Gasteiger partial charge in [0.15, 0.2) is 0 Å². The van der Waals surface area contributed by atoms with Gasteiger partial charge in [0.1, 0.15) is 6.61 Å². The van der Waals surface area contributed by atoms with Gasteiger partial charge in [0.05, 0.1) is 18.2 Å². The third-order valence-corrected chi connectivity index (χ3v) is 6.24. The monoisotopic (exact) mass is 436 g/mol. The Morgan fingerprint density at radius 2 is 1.88 bits per heavy atom. The van der Waals surface area contributed by atoms with Crippen LogP contribution in [0.15, 0.2) is 48.5 Å². The third kappa shape index (κ3) is 4.47. The number of anilines is 1. The molecule has 1 aliphatic carbocycles. The molecule has 1 saturated carbocycles. The number of benzene rings is 2. The van der Waals surface area contributed by atoms with E-state index in [1.807, 2.05) is 37.3 Å². The van der Waals surface area contributed by atoms with Gasteiger partial charge in [-0.05, 0) is 55.0 Å². The molecule has 0 saturated heterocycles. The molecule has 7 nitrogen and oxygen atoms in total. The van der Waals surface area contributed by atoms with E-state index in [1.54, 1.807) is 30.0 Å². The number of esters is 1.